The van der Waals surface area contributed by atoms with Crippen molar-refractivity contribution in [1.29, 1.82) is 0 Å². The van der Waals surface area contributed by atoms with E-state index in [1.165, 1.54) is 0 Å². The van der Waals surface area contributed by atoms with Crippen LogP contribution in [0.15, 0.2) is 22.7 Å². The van der Waals surface area contributed by atoms with Crippen LogP contribution in [-0.2, 0) is 14.4 Å². The molecule has 2 N–H and O–H groups in total. The Balaban J connectivity index is 1.64. The molecule has 0 radical (unpaired) electrons. The molecule has 0 bridgehead atoms. The van der Waals surface area contributed by atoms with Crippen LogP contribution in [0.2, 0.25) is 0 Å². The number of nitrogens with one attached hydrogen (secondary N) is 2. The Morgan fingerprint density at radius 1 is 1.22 bits per heavy atom. The van der Waals surface area contributed by atoms with Crippen molar-refractivity contribution < 1.29 is 14.4 Å². The van der Waals surface area contributed by atoms with Gasteiger partial charge in [-0.25, -0.2) is 0 Å². The summed E-state index contributed by atoms with van der Waals surface area (Å²) in [5, 5.41) is 5.31. The molecule has 0 aromatic heterocycles. The molecule has 2 aliphatic heterocycles. The van der Waals surface area contributed by atoms with E-state index >= 15 is 0 Å². The fourth-order valence-electron chi connectivity index (χ4n) is 3.91. The monoisotopic (exact) mass is 436 g/mol. The van der Waals surface area contributed by atoms with E-state index in [0.29, 0.717) is 18.7 Å². The smallest absolute Gasteiger partial charge is 0.310 e. The summed E-state index contributed by atoms with van der Waals surface area (Å²) in [5.74, 6) is -1.70. The molecule has 1 aromatic carbocycles. The van der Waals surface area contributed by atoms with Crippen LogP contribution in [0.3, 0.4) is 0 Å². The Labute approximate surface area is 167 Å². The van der Waals surface area contributed by atoms with Gasteiger partial charge in [0, 0.05) is 34.9 Å². The number of benzene rings is 1. The number of likely N-dealkylation sites (tertiary alicyclic amines) is 1. The Hall–Kier alpha value is -1.93. The molecule has 2 aliphatic rings. The third-order valence-electron chi connectivity index (χ3n) is 5.31. The SMILES string of the molecule is CCN1C(=O)[C@@H](NC(=O)C(=O)NC[C@H]2CCCN2CC)c2cc(Br)ccc21. The van der Waals surface area contributed by atoms with Crippen LogP contribution < -0.4 is 15.5 Å². The maximum Gasteiger partial charge on any atom is 0.310 e. The van der Waals surface area contributed by atoms with E-state index in [1.54, 1.807) is 4.90 Å². The predicted molar refractivity (Wildman–Crippen MR) is 106 cm³/mol. The van der Waals surface area contributed by atoms with Gasteiger partial charge in [-0.05, 0) is 51.1 Å². The molecule has 2 atom stereocenters. The second-order valence-electron chi connectivity index (χ2n) is 6.83. The van der Waals surface area contributed by atoms with E-state index in [-0.39, 0.29) is 11.9 Å². The molecule has 0 aliphatic carbocycles. The molecule has 27 heavy (non-hydrogen) atoms. The van der Waals surface area contributed by atoms with Gasteiger partial charge in [-0.1, -0.05) is 22.9 Å². The standard InChI is InChI=1S/C19H25BrN4O3/c1-3-23-9-5-6-13(23)11-21-17(25)18(26)22-16-14-10-12(20)7-8-15(14)24(4-2)19(16)27/h7-8,10,13,16H,3-6,9,11H2,1-2H3,(H,21,25)(H,22,26)/t13-,16+/m1/s1. The van der Waals surface area contributed by atoms with Gasteiger partial charge in [0.05, 0.1) is 0 Å². The fraction of sp³-hybridized carbons (Fsp3) is 0.526. The highest BCUT2D eigenvalue weighted by Gasteiger charge is 2.38. The number of fused-ring (bicyclic) bond motifs is 1. The Morgan fingerprint density at radius 3 is 2.70 bits per heavy atom. The van der Waals surface area contributed by atoms with Crippen molar-refractivity contribution in [3.63, 3.8) is 0 Å². The molecule has 3 amide bonds. The quantitative estimate of drug-likeness (QED) is 0.686. The minimum Gasteiger partial charge on any atom is -0.346 e. The molecule has 0 unspecified atom stereocenters. The summed E-state index contributed by atoms with van der Waals surface area (Å²) in [4.78, 5) is 41.2. The van der Waals surface area contributed by atoms with E-state index in [1.807, 2.05) is 25.1 Å². The van der Waals surface area contributed by atoms with E-state index < -0.39 is 17.9 Å². The van der Waals surface area contributed by atoms with Gasteiger partial charge in [0.15, 0.2) is 0 Å². The third-order valence-corrected chi connectivity index (χ3v) is 5.80. The highest BCUT2D eigenvalue weighted by molar-refractivity contribution is 9.10. The zero-order valence-electron chi connectivity index (χ0n) is 15.6. The van der Waals surface area contributed by atoms with E-state index in [0.717, 1.165) is 36.1 Å². The van der Waals surface area contributed by atoms with E-state index in [2.05, 4.69) is 38.4 Å². The van der Waals surface area contributed by atoms with Crippen molar-refractivity contribution in [2.24, 2.45) is 0 Å². The van der Waals surface area contributed by atoms with Gasteiger partial charge >= 0.3 is 11.8 Å². The van der Waals surface area contributed by atoms with Crippen molar-refractivity contribution >= 4 is 39.3 Å². The van der Waals surface area contributed by atoms with Crippen LogP contribution in [0.4, 0.5) is 5.69 Å². The summed E-state index contributed by atoms with van der Waals surface area (Å²) >= 11 is 3.40. The Kier molecular flexibility index (Phi) is 6.16. The zero-order chi connectivity index (χ0) is 19.6. The van der Waals surface area contributed by atoms with Crippen molar-refractivity contribution in [3.05, 3.63) is 28.2 Å². The van der Waals surface area contributed by atoms with Gasteiger partial charge < -0.3 is 15.5 Å². The first-order chi connectivity index (χ1) is 13.0. The highest BCUT2D eigenvalue weighted by Crippen LogP contribution is 2.37. The van der Waals surface area contributed by atoms with Gasteiger partial charge in [-0.3, -0.25) is 19.3 Å². The molecule has 1 saturated heterocycles. The van der Waals surface area contributed by atoms with Gasteiger partial charge in [0.25, 0.3) is 5.91 Å². The second-order valence-corrected chi connectivity index (χ2v) is 7.74. The van der Waals surface area contributed by atoms with Gasteiger partial charge in [-0.2, -0.15) is 0 Å². The number of halogens is 1. The average molecular weight is 437 g/mol. The Morgan fingerprint density at radius 2 is 2.00 bits per heavy atom. The van der Waals surface area contributed by atoms with Gasteiger partial charge in [0.2, 0.25) is 0 Å². The summed E-state index contributed by atoms with van der Waals surface area (Å²) in [7, 11) is 0. The van der Waals surface area contributed by atoms with Crippen molar-refractivity contribution in [2.75, 3.05) is 31.1 Å². The number of nitrogens with zero attached hydrogens (tertiary/aromatic N) is 2. The van der Waals surface area contributed by atoms with Crippen LogP contribution in [0, 0.1) is 0 Å². The van der Waals surface area contributed by atoms with Crippen LogP contribution in [0.25, 0.3) is 0 Å². The van der Waals surface area contributed by atoms with Crippen LogP contribution >= 0.6 is 15.9 Å². The topological polar surface area (TPSA) is 81.8 Å². The number of likely N-dealkylation sites (N-methyl/N-ethyl adjacent to an activating group) is 2. The first-order valence-electron chi connectivity index (χ1n) is 9.39. The normalized spacial score (nSPS) is 22.0. The molecule has 0 spiro atoms. The summed E-state index contributed by atoms with van der Waals surface area (Å²) in [6.45, 7) is 6.87. The average Bonchev–Trinajstić information content (AvgIpc) is 3.22. The first kappa shape index (κ1) is 19.8. The lowest BCUT2D eigenvalue weighted by Gasteiger charge is -2.22. The maximum absolute atomic E-state index is 12.7. The second kappa shape index (κ2) is 8.39. The summed E-state index contributed by atoms with van der Waals surface area (Å²) in [6.07, 6.45) is 2.12. The lowest BCUT2D eigenvalue weighted by molar-refractivity contribution is -0.140. The van der Waals surface area contributed by atoms with Crippen LogP contribution in [-0.4, -0.2) is 54.8 Å². The van der Waals surface area contributed by atoms with E-state index in [9.17, 15) is 14.4 Å². The number of carbonyl (C=O) groups is 3. The molecule has 1 fully saturated rings. The molecule has 2 heterocycles. The molecule has 1 aromatic rings. The Bertz CT molecular complexity index is 754. The molecular weight excluding hydrogens is 412 g/mol. The predicted octanol–water partition coefficient (Wildman–Crippen LogP) is 1.57. The largest absolute Gasteiger partial charge is 0.346 e. The summed E-state index contributed by atoms with van der Waals surface area (Å²) in [6, 6.07) is 4.93. The van der Waals surface area contributed by atoms with Crippen molar-refractivity contribution in [2.45, 2.75) is 38.8 Å². The van der Waals surface area contributed by atoms with Crippen LogP contribution in [0.1, 0.15) is 38.3 Å². The molecule has 0 saturated carbocycles. The number of hydrogen-bond donors (Lipinski definition) is 2. The molecule has 146 valence electrons. The highest BCUT2D eigenvalue weighted by atomic mass is 79.9. The van der Waals surface area contributed by atoms with Gasteiger partial charge in [-0.15, -0.1) is 0 Å². The maximum atomic E-state index is 12.7. The van der Waals surface area contributed by atoms with Crippen molar-refractivity contribution in [3.8, 4) is 0 Å². The van der Waals surface area contributed by atoms with E-state index in [4.69, 9.17) is 0 Å². The number of hydrogen-bond acceptors (Lipinski definition) is 4. The summed E-state index contributed by atoms with van der Waals surface area (Å²) in [5.41, 5.74) is 1.46. The number of rotatable bonds is 5. The molecule has 8 heteroatoms. The van der Waals surface area contributed by atoms with Gasteiger partial charge in [0.1, 0.15) is 6.04 Å². The minimum absolute atomic E-state index is 0.222. The molecule has 7 nitrogen and oxygen atoms in total. The third kappa shape index (κ3) is 4.01. The number of anilines is 1. The van der Waals surface area contributed by atoms with Crippen LogP contribution in [0.5, 0.6) is 0 Å². The molecular formula is C19H25BrN4O3. The fourth-order valence-corrected chi connectivity index (χ4v) is 4.28. The summed E-state index contributed by atoms with van der Waals surface area (Å²) < 4.78 is 0.816. The molecule has 3 rings (SSSR count). The number of carbonyl (C=O) groups excluding carboxylic acids is 3. The zero-order valence-corrected chi connectivity index (χ0v) is 17.2. The number of amides is 3. The van der Waals surface area contributed by atoms with Crippen molar-refractivity contribution in [1.82, 2.24) is 15.5 Å². The minimum atomic E-state index is -0.839. The lowest BCUT2D eigenvalue weighted by atomic mass is 10.1. The lowest BCUT2D eigenvalue weighted by Crippen LogP contribution is -2.47. The first-order valence-corrected chi connectivity index (χ1v) is 10.2.